The third kappa shape index (κ3) is 5.25. The quantitative estimate of drug-likeness (QED) is 0.761. The van der Waals surface area contributed by atoms with E-state index in [1.54, 1.807) is 0 Å². The zero-order chi connectivity index (χ0) is 16.7. The minimum atomic E-state index is -0.449. The second kappa shape index (κ2) is 8.53. The van der Waals surface area contributed by atoms with Crippen molar-refractivity contribution < 1.29 is 9.53 Å². The molecule has 1 N–H and O–H groups in total. The molecule has 1 atom stereocenters. The van der Waals surface area contributed by atoms with Gasteiger partial charge in [-0.2, -0.15) is 0 Å². The van der Waals surface area contributed by atoms with Crippen molar-refractivity contribution in [2.45, 2.75) is 25.9 Å². The van der Waals surface area contributed by atoms with Crippen molar-refractivity contribution in [1.82, 2.24) is 10.2 Å². The van der Waals surface area contributed by atoms with Crippen LogP contribution in [-0.4, -0.2) is 44.1 Å². The lowest BCUT2D eigenvalue weighted by atomic mass is 10.1. The Morgan fingerprint density at radius 1 is 1.17 bits per heavy atom. The van der Waals surface area contributed by atoms with Crippen LogP contribution in [0, 0.1) is 0 Å². The van der Waals surface area contributed by atoms with Gasteiger partial charge in [0, 0.05) is 6.54 Å². The van der Waals surface area contributed by atoms with Crippen molar-refractivity contribution in [1.29, 1.82) is 0 Å². The van der Waals surface area contributed by atoms with E-state index in [1.165, 1.54) is 5.39 Å². The van der Waals surface area contributed by atoms with Crippen LogP contribution in [0.3, 0.4) is 0 Å². The van der Waals surface area contributed by atoms with Gasteiger partial charge in [-0.3, -0.25) is 4.79 Å². The number of carbonyl (C=O) groups excluding carboxylic acids is 1. The van der Waals surface area contributed by atoms with Crippen molar-refractivity contribution in [2.75, 3.05) is 27.2 Å². The Labute approximate surface area is 138 Å². The fraction of sp³-hybridized carbons (Fsp3) is 0.421. The third-order valence-corrected chi connectivity index (χ3v) is 3.74. The molecule has 2 aromatic carbocycles. The van der Waals surface area contributed by atoms with Gasteiger partial charge in [0.1, 0.15) is 5.75 Å². The molecule has 0 aromatic heterocycles. The first-order chi connectivity index (χ1) is 11.1. The number of fused-ring (bicyclic) bond motifs is 1. The van der Waals surface area contributed by atoms with Crippen LogP contribution >= 0.6 is 0 Å². The molecule has 0 aliphatic heterocycles. The summed E-state index contributed by atoms with van der Waals surface area (Å²) >= 11 is 0. The molecule has 0 saturated carbocycles. The number of ether oxygens (including phenoxy) is 1. The number of amides is 1. The van der Waals surface area contributed by atoms with Crippen LogP contribution in [0.1, 0.15) is 19.8 Å². The van der Waals surface area contributed by atoms with Crippen molar-refractivity contribution in [3.63, 3.8) is 0 Å². The first-order valence-corrected chi connectivity index (χ1v) is 8.18. The van der Waals surface area contributed by atoms with Gasteiger partial charge in [0.2, 0.25) is 0 Å². The van der Waals surface area contributed by atoms with Crippen LogP contribution in [0.2, 0.25) is 0 Å². The van der Waals surface area contributed by atoms with E-state index >= 15 is 0 Å². The summed E-state index contributed by atoms with van der Waals surface area (Å²) in [7, 11) is 4.05. The Hall–Kier alpha value is -2.07. The molecule has 0 aliphatic carbocycles. The van der Waals surface area contributed by atoms with Crippen molar-refractivity contribution in [3.05, 3.63) is 42.5 Å². The zero-order valence-electron chi connectivity index (χ0n) is 14.2. The number of hydrogen-bond acceptors (Lipinski definition) is 3. The largest absolute Gasteiger partial charge is 0.481 e. The zero-order valence-corrected chi connectivity index (χ0v) is 14.2. The van der Waals surface area contributed by atoms with Gasteiger partial charge in [-0.05, 0) is 56.4 Å². The second-order valence-electron chi connectivity index (χ2n) is 5.97. The van der Waals surface area contributed by atoms with Crippen LogP contribution in [0.5, 0.6) is 5.75 Å². The molecule has 0 bridgehead atoms. The van der Waals surface area contributed by atoms with Gasteiger partial charge in [-0.25, -0.2) is 0 Å². The molecule has 4 heteroatoms. The van der Waals surface area contributed by atoms with Gasteiger partial charge >= 0.3 is 0 Å². The predicted molar refractivity (Wildman–Crippen MR) is 94.8 cm³/mol. The van der Waals surface area contributed by atoms with Gasteiger partial charge in [-0.15, -0.1) is 0 Å². The number of nitrogens with zero attached hydrogens (tertiary/aromatic N) is 1. The fourth-order valence-corrected chi connectivity index (χ4v) is 2.45. The Morgan fingerprint density at radius 2 is 1.91 bits per heavy atom. The van der Waals surface area contributed by atoms with Crippen molar-refractivity contribution >= 4 is 16.7 Å². The molecule has 0 heterocycles. The van der Waals surface area contributed by atoms with E-state index in [9.17, 15) is 4.79 Å². The van der Waals surface area contributed by atoms with E-state index in [0.717, 1.165) is 24.1 Å². The summed E-state index contributed by atoms with van der Waals surface area (Å²) in [4.78, 5) is 14.3. The minimum absolute atomic E-state index is 0.0422. The Kier molecular flexibility index (Phi) is 6.41. The second-order valence-corrected chi connectivity index (χ2v) is 5.97. The lowest BCUT2D eigenvalue weighted by Crippen LogP contribution is -2.39. The lowest BCUT2D eigenvalue weighted by Gasteiger charge is -2.18. The third-order valence-electron chi connectivity index (χ3n) is 3.74. The molecular formula is C19H26N2O2. The van der Waals surface area contributed by atoms with E-state index in [-0.39, 0.29) is 5.91 Å². The molecule has 0 spiro atoms. The lowest BCUT2D eigenvalue weighted by molar-refractivity contribution is -0.128. The summed E-state index contributed by atoms with van der Waals surface area (Å²) < 4.78 is 5.89. The SMILES string of the molecule is CCC(Oc1ccc2ccccc2c1)C(=O)NCCCN(C)C. The average Bonchev–Trinajstić information content (AvgIpc) is 2.56. The highest BCUT2D eigenvalue weighted by Crippen LogP contribution is 2.22. The molecule has 2 rings (SSSR count). The molecular weight excluding hydrogens is 288 g/mol. The first kappa shape index (κ1) is 17.3. The Morgan fingerprint density at radius 3 is 2.61 bits per heavy atom. The monoisotopic (exact) mass is 314 g/mol. The molecule has 1 amide bonds. The summed E-state index contributed by atoms with van der Waals surface area (Å²) in [5.41, 5.74) is 0. The number of rotatable bonds is 8. The molecule has 0 radical (unpaired) electrons. The highest BCUT2D eigenvalue weighted by molar-refractivity contribution is 5.84. The van der Waals surface area contributed by atoms with Crippen LogP contribution in [-0.2, 0) is 4.79 Å². The van der Waals surface area contributed by atoms with Crippen LogP contribution < -0.4 is 10.1 Å². The van der Waals surface area contributed by atoms with Crippen LogP contribution in [0.4, 0.5) is 0 Å². The van der Waals surface area contributed by atoms with E-state index in [0.29, 0.717) is 13.0 Å². The number of carbonyl (C=O) groups is 1. The van der Waals surface area contributed by atoms with Gasteiger partial charge < -0.3 is 15.0 Å². The molecule has 124 valence electrons. The number of benzene rings is 2. The van der Waals surface area contributed by atoms with Crippen molar-refractivity contribution in [2.24, 2.45) is 0 Å². The standard InChI is InChI=1S/C19H26N2O2/c1-4-18(19(22)20-12-7-13-21(2)3)23-17-11-10-15-8-5-6-9-16(15)14-17/h5-6,8-11,14,18H,4,7,12-13H2,1-3H3,(H,20,22). The topological polar surface area (TPSA) is 41.6 Å². The molecule has 0 aliphatic rings. The molecule has 23 heavy (non-hydrogen) atoms. The van der Waals surface area contributed by atoms with Gasteiger partial charge in [0.15, 0.2) is 6.10 Å². The number of nitrogens with one attached hydrogen (secondary N) is 1. The summed E-state index contributed by atoms with van der Waals surface area (Å²) in [6, 6.07) is 14.0. The Balaban J connectivity index is 1.93. The van der Waals surface area contributed by atoms with Gasteiger partial charge in [0.05, 0.1) is 0 Å². The first-order valence-electron chi connectivity index (χ1n) is 8.18. The fourth-order valence-electron chi connectivity index (χ4n) is 2.45. The highest BCUT2D eigenvalue weighted by Gasteiger charge is 2.17. The smallest absolute Gasteiger partial charge is 0.261 e. The Bertz CT molecular complexity index is 640. The molecule has 1 unspecified atom stereocenters. The maximum Gasteiger partial charge on any atom is 0.261 e. The highest BCUT2D eigenvalue weighted by atomic mass is 16.5. The van der Waals surface area contributed by atoms with Gasteiger partial charge in [0.25, 0.3) is 5.91 Å². The number of hydrogen-bond donors (Lipinski definition) is 1. The molecule has 0 saturated heterocycles. The maximum absolute atomic E-state index is 12.2. The maximum atomic E-state index is 12.2. The summed E-state index contributed by atoms with van der Waals surface area (Å²) in [5.74, 6) is 0.693. The van der Waals surface area contributed by atoms with Crippen molar-refractivity contribution in [3.8, 4) is 5.75 Å². The van der Waals surface area contributed by atoms with E-state index < -0.39 is 6.10 Å². The summed E-state index contributed by atoms with van der Waals surface area (Å²) in [5, 5.41) is 5.24. The molecule has 4 nitrogen and oxygen atoms in total. The van der Waals surface area contributed by atoms with Crippen LogP contribution in [0.15, 0.2) is 42.5 Å². The van der Waals surface area contributed by atoms with E-state index in [1.807, 2.05) is 57.4 Å². The minimum Gasteiger partial charge on any atom is -0.481 e. The summed E-state index contributed by atoms with van der Waals surface area (Å²) in [6.45, 7) is 3.60. The molecule has 2 aromatic rings. The van der Waals surface area contributed by atoms with E-state index in [4.69, 9.17) is 4.74 Å². The van der Waals surface area contributed by atoms with Gasteiger partial charge in [-0.1, -0.05) is 37.3 Å². The molecule has 0 fully saturated rings. The van der Waals surface area contributed by atoms with Crippen LogP contribution in [0.25, 0.3) is 10.8 Å². The predicted octanol–water partition coefficient (Wildman–Crippen LogP) is 3.07. The summed E-state index contributed by atoms with van der Waals surface area (Å²) in [6.07, 6.45) is 1.13. The normalized spacial score (nSPS) is 12.3. The van der Waals surface area contributed by atoms with E-state index in [2.05, 4.69) is 16.3 Å². The average molecular weight is 314 g/mol.